The van der Waals surface area contributed by atoms with E-state index < -0.39 is 54.3 Å². The van der Waals surface area contributed by atoms with E-state index in [-0.39, 0.29) is 11.7 Å². The first-order valence-electron chi connectivity index (χ1n) is 12.8. The number of piperidine rings is 1. The molecule has 7 rings (SSSR count). The Hall–Kier alpha value is -2.21. The first-order valence-corrected chi connectivity index (χ1v) is 12.8. The summed E-state index contributed by atoms with van der Waals surface area (Å²) in [7, 11) is 0. The predicted molar refractivity (Wildman–Crippen MR) is 122 cm³/mol. The van der Waals surface area contributed by atoms with E-state index in [0.29, 0.717) is 11.8 Å². The molecule has 3 aliphatic carbocycles. The largest absolute Gasteiger partial charge is 0.504 e. The second kappa shape index (κ2) is 7.89. The van der Waals surface area contributed by atoms with Crippen LogP contribution < -0.4 is 4.74 Å². The second-order valence-corrected chi connectivity index (χ2v) is 11.2. The first kappa shape index (κ1) is 22.9. The number of ether oxygens (including phenoxy) is 3. The van der Waals surface area contributed by atoms with Crippen molar-refractivity contribution >= 4 is 5.97 Å². The molecule has 1 aromatic carbocycles. The van der Waals surface area contributed by atoms with Gasteiger partial charge in [-0.05, 0) is 49.8 Å². The van der Waals surface area contributed by atoms with Gasteiger partial charge in [-0.1, -0.05) is 18.2 Å². The third-order valence-corrected chi connectivity index (χ3v) is 9.26. The molecule has 6 aliphatic rings. The molecule has 0 aromatic heterocycles. The molecule has 10 heteroatoms. The molecule has 0 radical (unpaired) electrons. The lowest BCUT2D eigenvalue weighted by molar-refractivity contribution is -0.307. The van der Waals surface area contributed by atoms with Crippen LogP contribution in [0.3, 0.4) is 0 Å². The third-order valence-electron chi connectivity index (χ3n) is 9.26. The topological polar surface area (TPSA) is 149 Å². The van der Waals surface area contributed by atoms with Gasteiger partial charge in [0.2, 0.25) is 0 Å². The van der Waals surface area contributed by atoms with Crippen molar-refractivity contribution in [1.29, 1.82) is 0 Å². The van der Waals surface area contributed by atoms with Crippen molar-refractivity contribution in [3.8, 4) is 11.5 Å². The average Bonchev–Trinajstić information content (AvgIpc) is 3.60. The molecule has 10 nitrogen and oxygen atoms in total. The Balaban J connectivity index is 1.25. The summed E-state index contributed by atoms with van der Waals surface area (Å²) in [6.07, 6.45) is -1.39. The lowest BCUT2D eigenvalue weighted by atomic mass is 9.53. The van der Waals surface area contributed by atoms with E-state index in [1.807, 2.05) is 12.1 Å². The third kappa shape index (κ3) is 3.09. The van der Waals surface area contributed by atoms with Crippen LogP contribution in [0.1, 0.15) is 30.4 Å². The van der Waals surface area contributed by atoms with Crippen molar-refractivity contribution in [2.24, 2.45) is 11.8 Å². The minimum absolute atomic E-state index is 0.0762. The number of nitrogens with zero attached hydrogens (tertiary/aromatic N) is 1. The highest BCUT2D eigenvalue weighted by molar-refractivity contribution is 5.73. The van der Waals surface area contributed by atoms with E-state index in [4.69, 9.17) is 14.2 Å². The van der Waals surface area contributed by atoms with Crippen LogP contribution in [0.2, 0.25) is 0 Å². The van der Waals surface area contributed by atoms with E-state index in [9.17, 15) is 30.3 Å². The van der Waals surface area contributed by atoms with E-state index in [1.54, 1.807) is 6.07 Å². The number of rotatable bonds is 5. The zero-order valence-corrected chi connectivity index (χ0v) is 19.6. The lowest BCUT2D eigenvalue weighted by Gasteiger charge is -2.57. The molecule has 1 unspecified atom stereocenters. The Bertz CT molecular complexity index is 1120. The zero-order valence-electron chi connectivity index (χ0n) is 19.6. The number of phenolic OH excluding ortho intramolecular Hbond substituents is 1. The molecule has 2 bridgehead atoms. The number of carboxylic acids is 1. The summed E-state index contributed by atoms with van der Waals surface area (Å²) in [5.74, 6) is 0.00751. The Morgan fingerprint density at radius 2 is 1.94 bits per heavy atom. The van der Waals surface area contributed by atoms with Gasteiger partial charge in [-0.3, -0.25) is 4.90 Å². The normalized spacial score (nSPS) is 44.7. The molecule has 3 fully saturated rings. The predicted octanol–water partition coefficient (Wildman–Crippen LogP) is -0.105. The minimum Gasteiger partial charge on any atom is -0.504 e. The summed E-state index contributed by atoms with van der Waals surface area (Å²) >= 11 is 0. The number of likely N-dealkylation sites (tertiary alicyclic amines) is 1. The van der Waals surface area contributed by atoms with Crippen LogP contribution in [0.15, 0.2) is 24.3 Å². The molecule has 3 aliphatic heterocycles. The maximum atomic E-state index is 11.6. The fourth-order valence-electron chi connectivity index (χ4n) is 7.41. The van der Waals surface area contributed by atoms with Crippen molar-refractivity contribution < 1.29 is 44.5 Å². The highest BCUT2D eigenvalue weighted by atomic mass is 16.7. The van der Waals surface area contributed by atoms with Crippen LogP contribution in [0.4, 0.5) is 0 Å². The maximum absolute atomic E-state index is 11.6. The molecule has 5 N–H and O–H groups in total. The van der Waals surface area contributed by atoms with Gasteiger partial charge in [-0.15, -0.1) is 0 Å². The number of aliphatic carboxylic acids is 1. The van der Waals surface area contributed by atoms with Gasteiger partial charge in [0, 0.05) is 29.5 Å². The van der Waals surface area contributed by atoms with Crippen molar-refractivity contribution in [2.45, 2.75) is 80.1 Å². The number of aromatic hydroxyl groups is 1. The molecular weight excluding hydrogens is 470 g/mol. The summed E-state index contributed by atoms with van der Waals surface area (Å²) in [5.41, 5.74) is 1.76. The van der Waals surface area contributed by atoms with E-state index >= 15 is 0 Å². The number of benzene rings is 1. The molecule has 194 valence electrons. The molecule has 10 atom stereocenters. The second-order valence-electron chi connectivity index (χ2n) is 11.2. The summed E-state index contributed by atoms with van der Waals surface area (Å²) < 4.78 is 18.0. The van der Waals surface area contributed by atoms with Gasteiger partial charge in [-0.2, -0.15) is 0 Å². The fraction of sp³-hybridized carbons (Fsp3) is 0.654. The number of carboxylic acid groups (broad SMARTS) is 1. The molecule has 3 heterocycles. The van der Waals surface area contributed by atoms with Crippen LogP contribution >= 0.6 is 0 Å². The molecule has 1 aromatic rings. The van der Waals surface area contributed by atoms with Gasteiger partial charge in [-0.25, -0.2) is 4.79 Å². The van der Waals surface area contributed by atoms with Crippen LogP contribution in [0.25, 0.3) is 0 Å². The molecule has 0 amide bonds. The highest BCUT2D eigenvalue weighted by Gasteiger charge is 2.65. The summed E-state index contributed by atoms with van der Waals surface area (Å²) in [5, 5.41) is 51.0. The van der Waals surface area contributed by atoms with Gasteiger partial charge in [0.25, 0.3) is 0 Å². The fourth-order valence-corrected chi connectivity index (χ4v) is 7.41. The summed E-state index contributed by atoms with van der Waals surface area (Å²) in [6.45, 7) is 2.00. The number of carbonyl (C=O) groups is 1. The van der Waals surface area contributed by atoms with E-state index in [2.05, 4.69) is 11.0 Å². The van der Waals surface area contributed by atoms with Crippen LogP contribution in [-0.2, 0) is 26.1 Å². The standard InChI is InChI=1S/C26H31NO9/c28-15-5-3-12-9-14-13-4-6-16(34-25-20(31)18(29)19(30)22(36-25)24(32)33)23-26(13,17(12)21(15)35-23)7-8-27(14)10-11-1-2-11/h3-6,11,13-14,16,18-20,22-23,25,28-31H,1-2,7-10H2,(H,32,33)/t13-,14+,16-,18-,19-,20-,22+,23-,25+,26?/m0/s1. The quantitative estimate of drug-likeness (QED) is 0.346. The minimum atomic E-state index is -1.79. The van der Waals surface area contributed by atoms with Crippen LogP contribution in [0, 0.1) is 11.8 Å². The SMILES string of the molecule is O=C(O)[C@@H]1O[C@@H](O[C@H]2C=C[C@H]3[C@H]4Cc5ccc(O)c6c5C3(CCN4CC3CC3)[C@H]2O6)[C@@H](O)[C@@H](O)[C@@H]1O. The van der Waals surface area contributed by atoms with Gasteiger partial charge in [0.15, 0.2) is 23.9 Å². The maximum Gasteiger partial charge on any atom is 0.335 e. The molecular formula is C26H31NO9. The molecule has 1 saturated carbocycles. The summed E-state index contributed by atoms with van der Waals surface area (Å²) in [6, 6.07) is 3.97. The molecule has 36 heavy (non-hydrogen) atoms. The number of aliphatic hydroxyl groups excluding tert-OH is 3. The number of hydrogen-bond acceptors (Lipinski definition) is 9. The zero-order chi connectivity index (χ0) is 24.9. The Morgan fingerprint density at radius 3 is 2.69 bits per heavy atom. The number of hydrogen-bond donors (Lipinski definition) is 5. The smallest absolute Gasteiger partial charge is 0.335 e. The van der Waals surface area contributed by atoms with Gasteiger partial charge in [0.1, 0.15) is 30.5 Å². The van der Waals surface area contributed by atoms with Crippen LogP contribution in [0.5, 0.6) is 11.5 Å². The van der Waals surface area contributed by atoms with Gasteiger partial charge < -0.3 is 39.7 Å². The number of aliphatic hydroxyl groups is 3. The Morgan fingerprint density at radius 1 is 1.14 bits per heavy atom. The Kier molecular flexibility index (Phi) is 5.03. The molecule has 2 saturated heterocycles. The number of phenols is 1. The Labute approximate surface area is 207 Å². The van der Waals surface area contributed by atoms with E-state index in [1.165, 1.54) is 18.4 Å². The monoisotopic (exact) mass is 501 g/mol. The van der Waals surface area contributed by atoms with Gasteiger partial charge >= 0.3 is 5.97 Å². The van der Waals surface area contributed by atoms with Crippen molar-refractivity contribution in [3.63, 3.8) is 0 Å². The summed E-state index contributed by atoms with van der Waals surface area (Å²) in [4.78, 5) is 14.2. The first-order chi connectivity index (χ1) is 17.3. The van der Waals surface area contributed by atoms with Crippen molar-refractivity contribution in [2.75, 3.05) is 13.1 Å². The highest BCUT2D eigenvalue weighted by Crippen LogP contribution is 2.63. The van der Waals surface area contributed by atoms with E-state index in [0.717, 1.165) is 37.4 Å². The molecule has 1 spiro atoms. The van der Waals surface area contributed by atoms with Crippen LogP contribution in [-0.4, -0.2) is 98.4 Å². The average molecular weight is 502 g/mol. The lowest BCUT2D eigenvalue weighted by Crippen LogP contribution is -2.67. The van der Waals surface area contributed by atoms with Crippen molar-refractivity contribution in [3.05, 3.63) is 35.4 Å². The van der Waals surface area contributed by atoms with Crippen molar-refractivity contribution in [1.82, 2.24) is 4.90 Å². The van der Waals surface area contributed by atoms with Gasteiger partial charge in [0.05, 0.1) is 0 Å².